The van der Waals surface area contributed by atoms with E-state index in [1.807, 2.05) is 0 Å². The van der Waals surface area contributed by atoms with Gasteiger partial charge in [-0.15, -0.1) is 11.3 Å². The van der Waals surface area contributed by atoms with Crippen LogP contribution in [0.1, 0.15) is 41.8 Å². The highest BCUT2D eigenvalue weighted by atomic mass is 32.1. The Labute approximate surface area is 178 Å². The fourth-order valence-corrected chi connectivity index (χ4v) is 3.45. The summed E-state index contributed by atoms with van der Waals surface area (Å²) in [6, 6.07) is 5.03. The van der Waals surface area contributed by atoms with Gasteiger partial charge in [0.05, 0.1) is 6.61 Å². The highest BCUT2D eigenvalue weighted by Crippen LogP contribution is 2.19. The number of amides is 2. The van der Waals surface area contributed by atoms with Gasteiger partial charge in [0.1, 0.15) is 16.8 Å². The van der Waals surface area contributed by atoms with Gasteiger partial charge >= 0.3 is 5.97 Å². The zero-order chi connectivity index (χ0) is 22.1. The van der Waals surface area contributed by atoms with E-state index in [1.165, 1.54) is 11.3 Å². The summed E-state index contributed by atoms with van der Waals surface area (Å²) < 4.78 is 5.05. The third-order valence-corrected chi connectivity index (χ3v) is 5.09. The number of nitrogens with zero attached hydrogens (tertiary/aromatic N) is 1. The minimum atomic E-state index is -0.675. The first-order valence-corrected chi connectivity index (χ1v) is 10.3. The third-order valence-electron chi connectivity index (χ3n) is 4.20. The molecule has 1 heterocycles. The standard InChI is InChI=1S/C20H25N5O4S/c1-3-29-20(28)15(19-23-8-9-30-19)11-24-16(26)6-7-17(27)25-13-4-5-14(18(21)22)12(2)10-13/h4-5,8-10,15H,3,6-7,11H2,1-2H3,(H3,21,22)(H,24,26)(H,25,27). The highest BCUT2D eigenvalue weighted by molar-refractivity contribution is 7.09. The first kappa shape index (κ1) is 23.0. The molecule has 0 saturated heterocycles. The molecule has 5 N–H and O–H groups in total. The molecule has 0 bridgehead atoms. The van der Waals surface area contributed by atoms with Crippen molar-refractivity contribution in [1.29, 1.82) is 5.41 Å². The first-order chi connectivity index (χ1) is 14.3. The van der Waals surface area contributed by atoms with Gasteiger partial charge in [0.15, 0.2) is 0 Å². The van der Waals surface area contributed by atoms with Crippen molar-refractivity contribution < 1.29 is 19.1 Å². The van der Waals surface area contributed by atoms with E-state index in [1.54, 1.807) is 43.6 Å². The van der Waals surface area contributed by atoms with Crippen LogP contribution in [0.25, 0.3) is 0 Å². The molecule has 2 amide bonds. The van der Waals surface area contributed by atoms with Crippen LogP contribution in [-0.2, 0) is 19.1 Å². The molecular formula is C20H25N5O4S. The summed E-state index contributed by atoms with van der Waals surface area (Å²) >= 11 is 1.31. The lowest BCUT2D eigenvalue weighted by Crippen LogP contribution is -2.33. The number of nitrogens with one attached hydrogen (secondary N) is 3. The molecule has 2 aromatic rings. The van der Waals surface area contributed by atoms with E-state index in [-0.39, 0.29) is 43.6 Å². The van der Waals surface area contributed by atoms with Gasteiger partial charge in [-0.25, -0.2) is 4.98 Å². The maximum Gasteiger partial charge on any atom is 0.317 e. The number of anilines is 1. The predicted octanol–water partition coefficient (Wildman–Crippen LogP) is 1.92. The monoisotopic (exact) mass is 431 g/mol. The van der Waals surface area contributed by atoms with Gasteiger partial charge in [0.2, 0.25) is 11.8 Å². The van der Waals surface area contributed by atoms with Crippen molar-refractivity contribution in [3.63, 3.8) is 0 Å². The van der Waals surface area contributed by atoms with Crippen molar-refractivity contribution >= 4 is 40.6 Å². The van der Waals surface area contributed by atoms with E-state index in [2.05, 4.69) is 15.6 Å². The molecule has 0 fully saturated rings. The normalized spacial score (nSPS) is 11.4. The van der Waals surface area contributed by atoms with E-state index >= 15 is 0 Å². The Kier molecular flexibility index (Phi) is 8.48. The van der Waals surface area contributed by atoms with Crippen molar-refractivity contribution in [3.05, 3.63) is 45.9 Å². The van der Waals surface area contributed by atoms with Crippen molar-refractivity contribution in [2.75, 3.05) is 18.5 Å². The first-order valence-electron chi connectivity index (χ1n) is 9.39. The number of carbonyl (C=O) groups is 3. The molecule has 1 atom stereocenters. The Hall–Kier alpha value is -3.27. The molecular weight excluding hydrogens is 406 g/mol. The van der Waals surface area contributed by atoms with E-state index in [9.17, 15) is 14.4 Å². The Balaban J connectivity index is 1.83. The van der Waals surface area contributed by atoms with Crippen LogP contribution >= 0.6 is 11.3 Å². The number of rotatable bonds is 10. The van der Waals surface area contributed by atoms with Gasteiger partial charge in [-0.2, -0.15) is 0 Å². The number of thiazole rings is 1. The minimum absolute atomic E-state index is 0.0132. The van der Waals surface area contributed by atoms with Crippen LogP contribution in [-0.4, -0.2) is 41.8 Å². The van der Waals surface area contributed by atoms with Gasteiger partial charge in [-0.05, 0) is 37.6 Å². The van der Waals surface area contributed by atoms with Crippen LogP contribution in [0, 0.1) is 12.3 Å². The molecule has 1 aromatic carbocycles. The highest BCUT2D eigenvalue weighted by Gasteiger charge is 2.25. The number of hydrogen-bond donors (Lipinski definition) is 4. The van der Waals surface area contributed by atoms with E-state index in [0.29, 0.717) is 16.3 Å². The Morgan fingerprint density at radius 1 is 1.27 bits per heavy atom. The van der Waals surface area contributed by atoms with E-state index < -0.39 is 11.9 Å². The number of nitrogens with two attached hydrogens (primary N) is 1. The number of aromatic nitrogens is 1. The predicted molar refractivity (Wildman–Crippen MR) is 115 cm³/mol. The Morgan fingerprint density at radius 2 is 2.00 bits per heavy atom. The van der Waals surface area contributed by atoms with Gasteiger partial charge in [-0.3, -0.25) is 19.8 Å². The van der Waals surface area contributed by atoms with Crippen molar-refractivity contribution in [2.45, 2.75) is 32.6 Å². The summed E-state index contributed by atoms with van der Waals surface area (Å²) in [5, 5.41) is 15.2. The van der Waals surface area contributed by atoms with Crippen LogP contribution in [0.2, 0.25) is 0 Å². The zero-order valence-electron chi connectivity index (χ0n) is 16.9. The molecule has 160 valence electrons. The molecule has 9 nitrogen and oxygen atoms in total. The van der Waals surface area contributed by atoms with Crippen molar-refractivity contribution in [2.24, 2.45) is 5.73 Å². The number of carbonyl (C=O) groups excluding carboxylic acids is 3. The number of hydrogen-bond acceptors (Lipinski definition) is 7. The Morgan fingerprint density at radius 3 is 2.60 bits per heavy atom. The van der Waals surface area contributed by atoms with Crippen LogP contribution in [0.4, 0.5) is 5.69 Å². The molecule has 0 aliphatic heterocycles. The van der Waals surface area contributed by atoms with Gasteiger partial charge in [0, 0.05) is 42.2 Å². The maximum atomic E-state index is 12.1. The summed E-state index contributed by atoms with van der Waals surface area (Å²) in [7, 11) is 0. The molecule has 1 unspecified atom stereocenters. The van der Waals surface area contributed by atoms with E-state index in [0.717, 1.165) is 5.56 Å². The number of amidine groups is 1. The topological polar surface area (TPSA) is 147 Å². The molecule has 1 aromatic heterocycles. The van der Waals surface area contributed by atoms with Crippen LogP contribution in [0.5, 0.6) is 0 Å². The second-order valence-electron chi connectivity index (χ2n) is 6.47. The smallest absolute Gasteiger partial charge is 0.317 e. The van der Waals surface area contributed by atoms with Crippen LogP contribution in [0.3, 0.4) is 0 Å². The summed E-state index contributed by atoms with van der Waals surface area (Å²) in [5.74, 6) is -1.83. The lowest BCUT2D eigenvalue weighted by atomic mass is 10.1. The average Bonchev–Trinajstić information content (AvgIpc) is 3.21. The quantitative estimate of drug-likeness (QED) is 0.257. The lowest BCUT2D eigenvalue weighted by molar-refractivity contribution is -0.145. The maximum absolute atomic E-state index is 12.1. The van der Waals surface area contributed by atoms with Crippen LogP contribution < -0.4 is 16.4 Å². The molecule has 0 spiro atoms. The number of aryl methyl sites for hydroxylation is 1. The second kappa shape index (κ2) is 11.1. The number of ether oxygens (including phenoxy) is 1. The Bertz CT molecular complexity index is 914. The zero-order valence-corrected chi connectivity index (χ0v) is 17.7. The lowest BCUT2D eigenvalue weighted by Gasteiger charge is -2.14. The van der Waals surface area contributed by atoms with Crippen molar-refractivity contribution in [1.82, 2.24) is 10.3 Å². The fraction of sp³-hybridized carbons (Fsp3) is 0.350. The molecule has 2 rings (SSSR count). The number of benzene rings is 1. The summed E-state index contributed by atoms with van der Waals surface area (Å²) in [4.78, 5) is 40.5. The molecule has 10 heteroatoms. The molecule has 0 aliphatic rings. The van der Waals surface area contributed by atoms with E-state index in [4.69, 9.17) is 15.9 Å². The molecule has 0 aliphatic carbocycles. The molecule has 0 saturated carbocycles. The van der Waals surface area contributed by atoms with Gasteiger partial charge in [0.25, 0.3) is 0 Å². The average molecular weight is 432 g/mol. The summed E-state index contributed by atoms with van der Waals surface area (Å²) in [5.41, 5.74) is 7.42. The molecule has 30 heavy (non-hydrogen) atoms. The third kappa shape index (κ3) is 6.66. The van der Waals surface area contributed by atoms with Crippen molar-refractivity contribution in [3.8, 4) is 0 Å². The largest absolute Gasteiger partial charge is 0.465 e. The summed E-state index contributed by atoms with van der Waals surface area (Å²) in [6.45, 7) is 3.80. The number of nitrogen functional groups attached to an aromatic ring is 1. The fourth-order valence-electron chi connectivity index (χ4n) is 2.72. The molecule has 0 radical (unpaired) electrons. The summed E-state index contributed by atoms with van der Waals surface area (Å²) in [6.07, 6.45) is 1.55. The number of esters is 1. The van der Waals surface area contributed by atoms with Gasteiger partial charge < -0.3 is 21.1 Å². The second-order valence-corrected chi connectivity index (χ2v) is 7.40. The minimum Gasteiger partial charge on any atom is -0.465 e. The van der Waals surface area contributed by atoms with Gasteiger partial charge in [-0.1, -0.05) is 0 Å². The SMILES string of the molecule is CCOC(=O)C(CNC(=O)CCC(=O)Nc1ccc(C(=N)N)c(C)c1)c1nccs1. The van der Waals surface area contributed by atoms with Crippen LogP contribution in [0.15, 0.2) is 29.8 Å².